The van der Waals surface area contributed by atoms with Crippen LogP contribution in [0.2, 0.25) is 0 Å². The number of primary amides is 1. The van der Waals surface area contributed by atoms with Crippen LogP contribution in [-0.2, 0) is 17.9 Å². The van der Waals surface area contributed by atoms with Crippen molar-refractivity contribution in [2.45, 2.75) is 39.3 Å². The fraction of sp³-hybridized carbons (Fsp3) is 0.435. The summed E-state index contributed by atoms with van der Waals surface area (Å²) in [6, 6.07) is 13.9. The van der Waals surface area contributed by atoms with Crippen LogP contribution in [0.4, 0.5) is 0 Å². The lowest BCUT2D eigenvalue weighted by atomic mass is 9.95. The van der Waals surface area contributed by atoms with Crippen LogP contribution in [-0.4, -0.2) is 41.4 Å². The van der Waals surface area contributed by atoms with Crippen molar-refractivity contribution in [3.8, 4) is 5.88 Å². The third-order valence-corrected chi connectivity index (χ3v) is 5.11. The van der Waals surface area contributed by atoms with Crippen LogP contribution in [0.25, 0.3) is 0 Å². The number of carbonyl (C=O) groups is 1. The second-order valence-electron chi connectivity index (χ2n) is 7.54. The van der Waals surface area contributed by atoms with Gasteiger partial charge in [0.25, 0.3) is 0 Å². The molecule has 1 amide bonds. The van der Waals surface area contributed by atoms with Crippen molar-refractivity contribution in [1.29, 1.82) is 0 Å². The molecule has 8 heteroatoms. The highest BCUT2D eigenvalue weighted by Gasteiger charge is 2.23. The van der Waals surface area contributed by atoms with Crippen molar-refractivity contribution in [2.75, 3.05) is 19.6 Å². The number of hydrogen-bond acceptors (Lipinski definition) is 4. The molecule has 1 atom stereocenters. The number of pyridine rings is 1. The number of ether oxygens (including phenoxy) is 1. The van der Waals surface area contributed by atoms with Crippen LogP contribution in [0.1, 0.15) is 37.3 Å². The molecule has 1 fully saturated rings. The second kappa shape index (κ2) is 13.1. The van der Waals surface area contributed by atoms with Crippen molar-refractivity contribution in [3.63, 3.8) is 0 Å². The fourth-order valence-electron chi connectivity index (χ4n) is 3.69. The lowest BCUT2D eigenvalue weighted by molar-refractivity contribution is -0.119. The Morgan fingerprint density at radius 1 is 1.29 bits per heavy atom. The number of aliphatic imine (C=N–C) groups is 1. The number of nitrogens with zero attached hydrogens (tertiary/aromatic N) is 3. The molecule has 3 rings (SSSR count). The zero-order valence-electron chi connectivity index (χ0n) is 18.0. The Bertz CT molecular complexity index is 847. The molecule has 1 saturated heterocycles. The number of halogens is 1. The van der Waals surface area contributed by atoms with Gasteiger partial charge in [0.05, 0.1) is 6.54 Å². The van der Waals surface area contributed by atoms with Gasteiger partial charge in [-0.15, -0.1) is 24.0 Å². The van der Waals surface area contributed by atoms with E-state index < -0.39 is 0 Å². The maximum Gasteiger partial charge on any atom is 0.218 e. The van der Waals surface area contributed by atoms with E-state index in [4.69, 9.17) is 15.5 Å². The Balaban J connectivity index is 0.00000341. The lowest BCUT2D eigenvalue weighted by Gasteiger charge is -2.34. The summed E-state index contributed by atoms with van der Waals surface area (Å²) in [7, 11) is 0. The number of rotatable bonds is 8. The summed E-state index contributed by atoms with van der Waals surface area (Å²) in [6.07, 6.45) is 4.22. The smallest absolute Gasteiger partial charge is 0.218 e. The van der Waals surface area contributed by atoms with Crippen molar-refractivity contribution in [2.24, 2.45) is 16.6 Å². The van der Waals surface area contributed by atoms with E-state index in [0.29, 0.717) is 25.5 Å². The minimum absolute atomic E-state index is 0. The molecule has 3 N–H and O–H groups in total. The van der Waals surface area contributed by atoms with Gasteiger partial charge in [0, 0.05) is 37.8 Å². The zero-order chi connectivity index (χ0) is 21.2. The van der Waals surface area contributed by atoms with Gasteiger partial charge in [0.1, 0.15) is 6.61 Å². The van der Waals surface area contributed by atoms with E-state index in [1.54, 1.807) is 6.20 Å². The molecule has 2 heterocycles. The predicted molar refractivity (Wildman–Crippen MR) is 133 cm³/mol. The van der Waals surface area contributed by atoms with Crippen LogP contribution >= 0.6 is 24.0 Å². The Hall–Kier alpha value is -2.36. The van der Waals surface area contributed by atoms with Gasteiger partial charge < -0.3 is 20.7 Å². The van der Waals surface area contributed by atoms with Crippen LogP contribution in [0.15, 0.2) is 53.7 Å². The van der Waals surface area contributed by atoms with Gasteiger partial charge in [-0.25, -0.2) is 9.98 Å². The number of piperidine rings is 1. The molecule has 7 nitrogen and oxygen atoms in total. The van der Waals surface area contributed by atoms with Crippen LogP contribution < -0.4 is 15.8 Å². The van der Waals surface area contributed by atoms with Gasteiger partial charge in [-0.1, -0.05) is 36.4 Å². The summed E-state index contributed by atoms with van der Waals surface area (Å²) in [6.45, 7) is 5.48. The Kier molecular flexibility index (Phi) is 10.6. The van der Waals surface area contributed by atoms with Crippen molar-refractivity contribution in [3.05, 3.63) is 59.8 Å². The second-order valence-corrected chi connectivity index (χ2v) is 7.54. The number of nitrogens with two attached hydrogens (primary N) is 1. The lowest BCUT2D eigenvalue weighted by Crippen LogP contribution is -2.47. The van der Waals surface area contributed by atoms with Crippen LogP contribution in [0.5, 0.6) is 5.88 Å². The van der Waals surface area contributed by atoms with Crippen molar-refractivity contribution in [1.82, 2.24) is 15.2 Å². The molecule has 0 saturated carbocycles. The molecule has 0 radical (unpaired) electrons. The van der Waals surface area contributed by atoms with Crippen molar-refractivity contribution >= 4 is 35.8 Å². The number of likely N-dealkylation sites (tertiary alicyclic amines) is 1. The highest BCUT2D eigenvalue weighted by atomic mass is 127. The Morgan fingerprint density at radius 3 is 2.84 bits per heavy atom. The quantitative estimate of drug-likeness (QED) is 0.306. The average molecular weight is 537 g/mol. The molecular formula is C23H32IN5O2. The number of amides is 1. The Labute approximate surface area is 201 Å². The normalized spacial score (nSPS) is 16.4. The molecule has 0 aliphatic carbocycles. The highest BCUT2D eigenvalue weighted by molar-refractivity contribution is 14.0. The number of aromatic nitrogens is 1. The number of hydrogen-bond donors (Lipinski definition) is 2. The number of nitrogens with one attached hydrogen (secondary N) is 1. The molecule has 0 spiro atoms. The predicted octanol–water partition coefficient (Wildman–Crippen LogP) is 3.33. The summed E-state index contributed by atoms with van der Waals surface area (Å²) in [5.74, 6) is 1.50. The van der Waals surface area contributed by atoms with Gasteiger partial charge in [-0.3, -0.25) is 4.79 Å². The average Bonchev–Trinajstić information content (AvgIpc) is 2.76. The molecule has 1 unspecified atom stereocenters. The van der Waals surface area contributed by atoms with E-state index in [9.17, 15) is 4.79 Å². The third kappa shape index (κ3) is 8.01. The van der Waals surface area contributed by atoms with Gasteiger partial charge in [0.2, 0.25) is 11.8 Å². The first-order valence-electron chi connectivity index (χ1n) is 10.6. The number of benzene rings is 1. The van der Waals surface area contributed by atoms with Crippen LogP contribution in [0, 0.1) is 5.92 Å². The monoisotopic (exact) mass is 537 g/mol. The first-order valence-corrected chi connectivity index (χ1v) is 10.6. The van der Waals surface area contributed by atoms with Crippen LogP contribution in [0.3, 0.4) is 0 Å². The standard InChI is InChI=1S/C23H31N5O2.HI/c1-2-25-23(28-13-7-10-19(16-28)14-21(24)29)27-15-20-11-6-12-26-22(20)30-17-18-8-4-3-5-9-18;/h3-6,8-9,11-12,19H,2,7,10,13-17H2,1H3,(H2,24,29)(H,25,27);1H. The first kappa shape index (κ1) is 24.9. The van der Waals surface area contributed by atoms with E-state index in [0.717, 1.165) is 49.6 Å². The van der Waals surface area contributed by atoms with E-state index in [-0.39, 0.29) is 35.8 Å². The Morgan fingerprint density at radius 2 is 2.10 bits per heavy atom. The molecule has 168 valence electrons. The fourth-order valence-corrected chi connectivity index (χ4v) is 3.69. The minimum Gasteiger partial charge on any atom is -0.473 e. The molecule has 1 aliphatic rings. The molecule has 2 aromatic rings. The minimum atomic E-state index is -0.237. The van der Waals surface area contributed by atoms with E-state index in [1.807, 2.05) is 42.5 Å². The summed E-state index contributed by atoms with van der Waals surface area (Å²) in [5.41, 5.74) is 7.44. The summed E-state index contributed by atoms with van der Waals surface area (Å²) >= 11 is 0. The summed E-state index contributed by atoms with van der Waals surface area (Å²) in [4.78, 5) is 22.8. The molecular weight excluding hydrogens is 505 g/mol. The van der Waals surface area contributed by atoms with E-state index >= 15 is 0 Å². The van der Waals surface area contributed by atoms with Gasteiger partial charge in [-0.05, 0) is 37.3 Å². The molecule has 1 aromatic carbocycles. The van der Waals surface area contributed by atoms with Gasteiger partial charge in [0.15, 0.2) is 5.96 Å². The van der Waals surface area contributed by atoms with E-state index in [1.165, 1.54) is 0 Å². The molecule has 1 aliphatic heterocycles. The highest BCUT2D eigenvalue weighted by Crippen LogP contribution is 2.21. The summed E-state index contributed by atoms with van der Waals surface area (Å²) < 4.78 is 5.96. The number of carbonyl (C=O) groups excluding carboxylic acids is 1. The van der Waals surface area contributed by atoms with Gasteiger partial charge >= 0.3 is 0 Å². The topological polar surface area (TPSA) is 92.8 Å². The van der Waals surface area contributed by atoms with Gasteiger partial charge in [-0.2, -0.15) is 0 Å². The molecule has 31 heavy (non-hydrogen) atoms. The largest absolute Gasteiger partial charge is 0.473 e. The van der Waals surface area contributed by atoms with E-state index in [2.05, 4.69) is 22.1 Å². The maximum absolute atomic E-state index is 11.3. The first-order chi connectivity index (χ1) is 14.7. The van der Waals surface area contributed by atoms with Crippen molar-refractivity contribution < 1.29 is 9.53 Å². The third-order valence-electron chi connectivity index (χ3n) is 5.11. The summed E-state index contributed by atoms with van der Waals surface area (Å²) in [5, 5.41) is 3.37. The maximum atomic E-state index is 11.3. The molecule has 1 aromatic heterocycles. The number of guanidine groups is 1. The molecule has 0 bridgehead atoms. The zero-order valence-corrected chi connectivity index (χ0v) is 20.3. The SMILES string of the molecule is CCNC(=NCc1cccnc1OCc1ccccc1)N1CCCC(CC(N)=O)C1.I.